The normalized spacial score (nSPS) is 10.5. The summed E-state index contributed by atoms with van der Waals surface area (Å²) in [6, 6.07) is 4.25. The summed E-state index contributed by atoms with van der Waals surface area (Å²) >= 11 is 7.36. The number of halogens is 1. The number of nitrogens with zero attached hydrogens (tertiary/aromatic N) is 1. The van der Waals surface area contributed by atoms with Crippen molar-refractivity contribution < 1.29 is 9.90 Å². The number of hydrogen-bond acceptors (Lipinski definition) is 4. The van der Waals surface area contributed by atoms with E-state index in [0.717, 1.165) is 17.0 Å². The molecule has 100 valence electrons. The average Bonchev–Trinajstić information content (AvgIpc) is 2.72. The molecular formula is C13H13ClN2O2S. The van der Waals surface area contributed by atoms with Crippen molar-refractivity contribution in [3.63, 3.8) is 0 Å². The average molecular weight is 297 g/mol. The number of rotatable bonds is 3. The zero-order valence-electron chi connectivity index (χ0n) is 10.5. The molecular weight excluding hydrogens is 284 g/mol. The minimum absolute atomic E-state index is 0.000818. The molecule has 0 bridgehead atoms. The SMILES string of the molecule is CCc1nc(NC(=O)c2cc(O)ccc2Cl)sc1C. The Hall–Kier alpha value is -1.59. The number of carbonyl (C=O) groups is 1. The molecule has 2 N–H and O–H groups in total. The molecule has 6 heteroatoms. The topological polar surface area (TPSA) is 62.2 Å². The van der Waals surface area contributed by atoms with Crippen molar-refractivity contribution in [3.05, 3.63) is 39.4 Å². The molecule has 0 fully saturated rings. The van der Waals surface area contributed by atoms with E-state index in [1.807, 2.05) is 13.8 Å². The predicted molar refractivity (Wildman–Crippen MR) is 77.3 cm³/mol. The molecule has 1 aromatic carbocycles. The fourth-order valence-corrected chi connectivity index (χ4v) is 2.76. The van der Waals surface area contributed by atoms with Crippen LogP contribution < -0.4 is 5.32 Å². The Morgan fingerprint density at radius 2 is 2.26 bits per heavy atom. The van der Waals surface area contributed by atoms with E-state index in [1.165, 1.54) is 29.5 Å². The van der Waals surface area contributed by atoms with E-state index in [1.54, 1.807) is 0 Å². The highest BCUT2D eigenvalue weighted by Crippen LogP contribution is 2.25. The summed E-state index contributed by atoms with van der Waals surface area (Å²) in [7, 11) is 0. The Morgan fingerprint density at radius 1 is 1.53 bits per heavy atom. The minimum atomic E-state index is -0.377. The lowest BCUT2D eigenvalue weighted by Gasteiger charge is -2.04. The zero-order valence-corrected chi connectivity index (χ0v) is 12.1. The molecule has 4 nitrogen and oxygen atoms in total. The third-order valence-electron chi connectivity index (χ3n) is 2.64. The number of benzene rings is 1. The lowest BCUT2D eigenvalue weighted by atomic mass is 10.2. The highest BCUT2D eigenvalue weighted by molar-refractivity contribution is 7.15. The van der Waals surface area contributed by atoms with E-state index < -0.39 is 0 Å². The Morgan fingerprint density at radius 3 is 2.89 bits per heavy atom. The molecule has 0 aliphatic heterocycles. The van der Waals surface area contributed by atoms with Crippen LogP contribution in [0, 0.1) is 6.92 Å². The van der Waals surface area contributed by atoms with Gasteiger partial charge in [-0.05, 0) is 31.5 Å². The smallest absolute Gasteiger partial charge is 0.259 e. The van der Waals surface area contributed by atoms with Crippen LogP contribution in [-0.2, 0) is 6.42 Å². The minimum Gasteiger partial charge on any atom is -0.508 e. The van der Waals surface area contributed by atoms with Crippen LogP contribution >= 0.6 is 22.9 Å². The number of aromatic nitrogens is 1. The second-order valence-electron chi connectivity index (χ2n) is 3.99. The van der Waals surface area contributed by atoms with Crippen LogP contribution in [0.25, 0.3) is 0 Å². The maximum absolute atomic E-state index is 12.1. The van der Waals surface area contributed by atoms with E-state index >= 15 is 0 Å². The van der Waals surface area contributed by atoms with Crippen molar-refractivity contribution in [2.45, 2.75) is 20.3 Å². The van der Waals surface area contributed by atoms with Gasteiger partial charge in [0.2, 0.25) is 0 Å². The van der Waals surface area contributed by atoms with Gasteiger partial charge in [-0.3, -0.25) is 10.1 Å². The highest BCUT2D eigenvalue weighted by atomic mass is 35.5. The Bertz CT molecular complexity index is 625. The van der Waals surface area contributed by atoms with Gasteiger partial charge in [0.1, 0.15) is 5.75 Å². The first kappa shape index (κ1) is 13.8. The number of aromatic hydroxyl groups is 1. The number of phenolic OH excluding ortho intramolecular Hbond substituents is 1. The molecule has 0 spiro atoms. The molecule has 1 amide bonds. The molecule has 0 atom stereocenters. The third kappa shape index (κ3) is 3.05. The van der Waals surface area contributed by atoms with E-state index in [9.17, 15) is 9.90 Å². The number of hydrogen-bond donors (Lipinski definition) is 2. The number of aryl methyl sites for hydroxylation is 2. The molecule has 0 unspecified atom stereocenters. The van der Waals surface area contributed by atoms with Crippen LogP contribution in [-0.4, -0.2) is 16.0 Å². The molecule has 19 heavy (non-hydrogen) atoms. The summed E-state index contributed by atoms with van der Waals surface area (Å²) in [6.45, 7) is 3.98. The van der Waals surface area contributed by atoms with Crippen LogP contribution in [0.1, 0.15) is 27.9 Å². The van der Waals surface area contributed by atoms with Gasteiger partial charge < -0.3 is 5.11 Å². The van der Waals surface area contributed by atoms with Gasteiger partial charge in [-0.15, -0.1) is 11.3 Å². The summed E-state index contributed by atoms with van der Waals surface area (Å²) in [5, 5.41) is 12.9. The van der Waals surface area contributed by atoms with Crippen LogP contribution in [0.3, 0.4) is 0 Å². The van der Waals surface area contributed by atoms with Gasteiger partial charge in [-0.25, -0.2) is 4.98 Å². The van der Waals surface area contributed by atoms with Crippen molar-refractivity contribution in [2.24, 2.45) is 0 Å². The van der Waals surface area contributed by atoms with Crippen LogP contribution in [0.2, 0.25) is 5.02 Å². The van der Waals surface area contributed by atoms with E-state index in [0.29, 0.717) is 10.2 Å². The largest absolute Gasteiger partial charge is 0.508 e. The molecule has 0 aliphatic rings. The first-order valence-electron chi connectivity index (χ1n) is 5.77. The van der Waals surface area contributed by atoms with E-state index in [2.05, 4.69) is 10.3 Å². The molecule has 1 aromatic heterocycles. The van der Waals surface area contributed by atoms with Crippen molar-refractivity contribution in [2.75, 3.05) is 5.32 Å². The molecule has 0 aliphatic carbocycles. The molecule has 1 heterocycles. The summed E-state index contributed by atoms with van der Waals surface area (Å²) in [5.41, 5.74) is 1.20. The van der Waals surface area contributed by atoms with Gasteiger partial charge in [0.15, 0.2) is 5.13 Å². The molecule has 2 aromatic rings. The quantitative estimate of drug-likeness (QED) is 0.909. The maximum atomic E-state index is 12.1. The monoisotopic (exact) mass is 296 g/mol. The van der Waals surface area contributed by atoms with Gasteiger partial charge in [0, 0.05) is 4.88 Å². The van der Waals surface area contributed by atoms with Gasteiger partial charge in [0.05, 0.1) is 16.3 Å². The van der Waals surface area contributed by atoms with E-state index in [4.69, 9.17) is 11.6 Å². The van der Waals surface area contributed by atoms with Crippen molar-refractivity contribution in [1.82, 2.24) is 4.98 Å². The van der Waals surface area contributed by atoms with Gasteiger partial charge >= 0.3 is 0 Å². The molecule has 2 rings (SSSR count). The molecule has 0 saturated heterocycles. The van der Waals surface area contributed by atoms with Crippen LogP contribution in [0.15, 0.2) is 18.2 Å². The van der Waals surface area contributed by atoms with E-state index in [-0.39, 0.29) is 17.2 Å². The van der Waals surface area contributed by atoms with Gasteiger partial charge in [-0.2, -0.15) is 0 Å². The first-order valence-corrected chi connectivity index (χ1v) is 6.97. The number of anilines is 1. The molecule has 0 saturated carbocycles. The Balaban J connectivity index is 2.22. The van der Waals surface area contributed by atoms with Gasteiger partial charge in [-0.1, -0.05) is 18.5 Å². The Labute approximate surface area is 120 Å². The van der Waals surface area contributed by atoms with Crippen molar-refractivity contribution in [3.8, 4) is 5.75 Å². The van der Waals surface area contributed by atoms with Crippen molar-refractivity contribution >= 4 is 34.0 Å². The lowest BCUT2D eigenvalue weighted by Crippen LogP contribution is -2.12. The lowest BCUT2D eigenvalue weighted by molar-refractivity contribution is 0.102. The van der Waals surface area contributed by atoms with Crippen molar-refractivity contribution in [1.29, 1.82) is 0 Å². The van der Waals surface area contributed by atoms with Crippen LogP contribution in [0.5, 0.6) is 5.75 Å². The fraction of sp³-hybridized carbons (Fsp3) is 0.231. The summed E-state index contributed by atoms with van der Waals surface area (Å²) in [4.78, 5) is 17.5. The third-order valence-corrected chi connectivity index (χ3v) is 3.90. The molecule has 0 radical (unpaired) electrons. The number of carbonyl (C=O) groups excluding carboxylic acids is 1. The second kappa shape index (κ2) is 5.59. The Kier molecular flexibility index (Phi) is 4.07. The highest BCUT2D eigenvalue weighted by Gasteiger charge is 2.14. The predicted octanol–water partition coefficient (Wildman–Crippen LogP) is 3.63. The second-order valence-corrected chi connectivity index (χ2v) is 5.60. The maximum Gasteiger partial charge on any atom is 0.259 e. The summed E-state index contributed by atoms with van der Waals surface area (Å²) in [6.07, 6.45) is 0.824. The first-order chi connectivity index (χ1) is 9.01. The summed E-state index contributed by atoms with van der Waals surface area (Å²) < 4.78 is 0. The number of phenols is 1. The summed E-state index contributed by atoms with van der Waals surface area (Å²) in [5.74, 6) is -0.378. The number of amides is 1. The standard InChI is InChI=1S/C13H13ClN2O2S/c1-3-11-7(2)19-13(15-11)16-12(18)9-6-8(17)4-5-10(9)14/h4-6,17H,3H2,1-2H3,(H,15,16,18). The number of nitrogens with one attached hydrogen (secondary N) is 1. The number of thiazole rings is 1. The van der Waals surface area contributed by atoms with Gasteiger partial charge in [0.25, 0.3) is 5.91 Å². The van der Waals surface area contributed by atoms with Crippen LogP contribution in [0.4, 0.5) is 5.13 Å². The fourth-order valence-electron chi connectivity index (χ4n) is 1.66. The zero-order chi connectivity index (χ0) is 14.0.